The van der Waals surface area contributed by atoms with Crippen molar-refractivity contribution in [2.45, 2.75) is 70.5 Å². The zero-order chi connectivity index (χ0) is 26.8. The zero-order valence-electron chi connectivity index (χ0n) is 21.6. The van der Waals surface area contributed by atoms with Crippen molar-refractivity contribution in [3.05, 3.63) is 58.7 Å². The van der Waals surface area contributed by atoms with E-state index in [-0.39, 0.29) is 42.3 Å². The molecule has 1 unspecified atom stereocenters. The molecule has 0 saturated heterocycles. The number of aliphatic hydroxyl groups excluding tert-OH is 1. The number of allylic oxidation sites excluding steroid dienone is 4. The van der Waals surface area contributed by atoms with Crippen molar-refractivity contribution in [2.24, 2.45) is 28.6 Å². The highest BCUT2D eigenvalue weighted by atomic mass is 35.5. The maximum absolute atomic E-state index is 13.4. The van der Waals surface area contributed by atoms with Gasteiger partial charge in [-0.15, -0.1) is 11.6 Å². The Hall–Kier alpha value is -2.28. The first kappa shape index (κ1) is 26.3. The molecule has 198 valence electrons. The van der Waals surface area contributed by atoms with E-state index < -0.39 is 40.9 Å². The van der Waals surface area contributed by atoms with E-state index in [0.29, 0.717) is 12.0 Å². The number of ether oxygens (including phenoxy) is 1. The average Bonchev–Trinajstić information content (AvgIpc) is 3.14. The normalized spacial score (nSPS) is 38.6. The summed E-state index contributed by atoms with van der Waals surface area (Å²) in [6, 6.07) is 6.73. The molecule has 5 rings (SSSR count). The minimum absolute atomic E-state index is 0.00308. The highest BCUT2D eigenvalue weighted by Gasteiger charge is 2.68. The van der Waals surface area contributed by atoms with Crippen molar-refractivity contribution < 1.29 is 29.3 Å². The Balaban J connectivity index is 1.37. The first-order valence-electron chi connectivity index (χ1n) is 13.2. The molecule has 6 nitrogen and oxygen atoms in total. The molecule has 0 aliphatic heterocycles. The number of aliphatic hydroxyl groups is 2. The molecule has 7 atom stereocenters. The van der Waals surface area contributed by atoms with Crippen LogP contribution in [0.1, 0.15) is 68.8 Å². The third-order valence-corrected chi connectivity index (χ3v) is 10.6. The van der Waals surface area contributed by atoms with Crippen LogP contribution in [0.4, 0.5) is 0 Å². The fourth-order valence-electron chi connectivity index (χ4n) is 8.26. The number of esters is 1. The maximum Gasteiger partial charge on any atom is 0.338 e. The largest absolute Gasteiger partial charge is 0.454 e. The molecular formula is C30H35ClO6. The lowest BCUT2D eigenvalue weighted by atomic mass is 9.45. The Morgan fingerprint density at radius 2 is 1.95 bits per heavy atom. The van der Waals surface area contributed by atoms with Gasteiger partial charge in [-0.05, 0) is 80.7 Å². The average molecular weight is 527 g/mol. The van der Waals surface area contributed by atoms with Crippen LogP contribution in [0.15, 0.2) is 47.6 Å². The number of hydrogen-bond donors (Lipinski definition) is 2. The molecule has 37 heavy (non-hydrogen) atoms. The van der Waals surface area contributed by atoms with Crippen LogP contribution in [0.25, 0.3) is 0 Å². The highest BCUT2D eigenvalue weighted by Crippen LogP contribution is 2.68. The minimum Gasteiger partial charge on any atom is -0.454 e. The lowest BCUT2D eigenvalue weighted by Crippen LogP contribution is -2.62. The summed E-state index contributed by atoms with van der Waals surface area (Å²) in [5.74, 6) is -0.841. The van der Waals surface area contributed by atoms with Gasteiger partial charge < -0.3 is 14.9 Å². The van der Waals surface area contributed by atoms with Crippen LogP contribution in [0.5, 0.6) is 0 Å². The highest BCUT2D eigenvalue weighted by molar-refractivity contribution is 6.17. The molecule has 4 aliphatic carbocycles. The molecule has 3 saturated carbocycles. The van der Waals surface area contributed by atoms with Gasteiger partial charge in [0.15, 0.2) is 12.4 Å². The number of ketones is 2. The van der Waals surface area contributed by atoms with Crippen LogP contribution >= 0.6 is 11.6 Å². The van der Waals surface area contributed by atoms with Gasteiger partial charge in [-0.2, -0.15) is 0 Å². The number of carbonyl (C=O) groups is 3. The Morgan fingerprint density at radius 3 is 2.68 bits per heavy atom. The summed E-state index contributed by atoms with van der Waals surface area (Å²) in [6.45, 7) is 5.49. The monoisotopic (exact) mass is 526 g/mol. The van der Waals surface area contributed by atoms with E-state index >= 15 is 0 Å². The second kappa shape index (κ2) is 9.18. The Labute approximate surface area is 222 Å². The smallest absolute Gasteiger partial charge is 0.338 e. The number of alkyl halides is 1. The second-order valence-electron chi connectivity index (χ2n) is 11.9. The third-order valence-electron chi connectivity index (χ3n) is 10.3. The molecule has 4 aliphatic rings. The van der Waals surface area contributed by atoms with Gasteiger partial charge in [-0.1, -0.05) is 37.1 Å². The van der Waals surface area contributed by atoms with Gasteiger partial charge in [0, 0.05) is 22.6 Å². The van der Waals surface area contributed by atoms with Crippen molar-refractivity contribution in [2.75, 3.05) is 6.61 Å². The van der Waals surface area contributed by atoms with Crippen molar-refractivity contribution in [3.63, 3.8) is 0 Å². The topological polar surface area (TPSA) is 101 Å². The quantitative estimate of drug-likeness (QED) is 0.431. The fraction of sp³-hybridized carbons (Fsp3) is 0.567. The minimum atomic E-state index is -1.69. The molecular weight excluding hydrogens is 492 g/mol. The van der Waals surface area contributed by atoms with E-state index in [1.807, 2.05) is 13.8 Å². The van der Waals surface area contributed by atoms with Gasteiger partial charge in [0.25, 0.3) is 0 Å². The third kappa shape index (κ3) is 3.86. The summed E-state index contributed by atoms with van der Waals surface area (Å²) in [5, 5.41) is 23.4. The second-order valence-corrected chi connectivity index (χ2v) is 12.1. The summed E-state index contributed by atoms with van der Waals surface area (Å²) in [6.07, 6.45) is 5.45. The van der Waals surface area contributed by atoms with E-state index in [4.69, 9.17) is 16.3 Å². The molecule has 2 N–H and O–H groups in total. The van der Waals surface area contributed by atoms with Gasteiger partial charge in [0.2, 0.25) is 5.78 Å². The zero-order valence-corrected chi connectivity index (χ0v) is 22.4. The summed E-state index contributed by atoms with van der Waals surface area (Å²) in [7, 11) is 0. The van der Waals surface area contributed by atoms with Gasteiger partial charge >= 0.3 is 5.97 Å². The summed E-state index contributed by atoms with van der Waals surface area (Å²) < 4.78 is 5.34. The Bertz CT molecular complexity index is 1220. The van der Waals surface area contributed by atoms with Gasteiger partial charge in [0.05, 0.1) is 11.7 Å². The van der Waals surface area contributed by atoms with Crippen LogP contribution < -0.4 is 0 Å². The van der Waals surface area contributed by atoms with E-state index in [2.05, 4.69) is 6.92 Å². The lowest BCUT2D eigenvalue weighted by Gasteiger charge is -2.60. The first-order valence-corrected chi connectivity index (χ1v) is 13.7. The molecule has 1 aromatic carbocycles. The predicted octanol–water partition coefficient (Wildman–Crippen LogP) is 4.55. The predicted molar refractivity (Wildman–Crippen MR) is 139 cm³/mol. The molecule has 3 fully saturated rings. The van der Waals surface area contributed by atoms with E-state index in [0.717, 1.165) is 29.6 Å². The first-order chi connectivity index (χ1) is 17.5. The van der Waals surface area contributed by atoms with E-state index in [1.54, 1.807) is 36.4 Å². The number of fused-ring (bicyclic) bond motifs is 5. The van der Waals surface area contributed by atoms with Crippen molar-refractivity contribution >= 4 is 29.1 Å². The maximum atomic E-state index is 13.4. The molecule has 0 bridgehead atoms. The van der Waals surface area contributed by atoms with E-state index in [9.17, 15) is 24.6 Å². The van der Waals surface area contributed by atoms with Crippen molar-refractivity contribution in [1.29, 1.82) is 0 Å². The van der Waals surface area contributed by atoms with Crippen LogP contribution in [0, 0.1) is 28.6 Å². The standard InChI is InChI=1S/C30H35ClO6/c1-17-11-21(32)13-20-7-8-22-23-9-10-30(36,28(23,2)14-24(33)26(22)29(17,20)3)25(34)16-37-27(35)19-6-4-5-18(12-19)15-31/h4-6,11-13,22-24,26,33,36H,7-10,14-16H2,1-3H3/t22-,23-,24?,26+,28-,29-,30-/m0/s1. The van der Waals surface area contributed by atoms with Gasteiger partial charge in [-0.25, -0.2) is 4.79 Å². The van der Waals surface area contributed by atoms with Crippen LogP contribution in [-0.2, 0) is 20.2 Å². The lowest BCUT2D eigenvalue weighted by molar-refractivity contribution is -0.179. The van der Waals surface area contributed by atoms with E-state index in [1.165, 1.54) is 0 Å². The number of halogens is 1. The Kier molecular flexibility index (Phi) is 6.53. The summed E-state index contributed by atoms with van der Waals surface area (Å²) in [5.41, 5.74) is 0.192. The van der Waals surface area contributed by atoms with Crippen molar-refractivity contribution in [3.8, 4) is 0 Å². The van der Waals surface area contributed by atoms with Crippen LogP contribution in [0.2, 0.25) is 0 Å². The number of carbonyl (C=O) groups excluding carboxylic acids is 3. The summed E-state index contributed by atoms with van der Waals surface area (Å²) >= 11 is 5.86. The molecule has 7 heteroatoms. The van der Waals surface area contributed by atoms with Gasteiger partial charge in [0.1, 0.15) is 5.60 Å². The number of Topliss-reactive ketones (excluding diaryl/α,β-unsaturated/α-hetero) is 1. The molecule has 0 radical (unpaired) electrons. The molecule has 0 spiro atoms. The Morgan fingerprint density at radius 1 is 1.19 bits per heavy atom. The number of rotatable bonds is 5. The molecule has 0 aromatic heterocycles. The molecule has 0 heterocycles. The number of hydrogen-bond acceptors (Lipinski definition) is 6. The number of benzene rings is 1. The molecule has 1 aromatic rings. The van der Waals surface area contributed by atoms with Crippen molar-refractivity contribution in [1.82, 2.24) is 0 Å². The van der Waals surface area contributed by atoms with Gasteiger partial charge in [-0.3, -0.25) is 9.59 Å². The van der Waals surface area contributed by atoms with Crippen LogP contribution in [0.3, 0.4) is 0 Å². The SMILES string of the molecule is CC1=CC(=O)C=C2CC[C@@H]3[C@H](C(O)C[C@@]4(C)[C@H]3CC[C@]4(O)C(=O)COC(=O)c3cccc(CCl)c3)[C@@]12C. The van der Waals surface area contributed by atoms with Crippen LogP contribution in [-0.4, -0.2) is 46.1 Å². The fourth-order valence-corrected chi connectivity index (χ4v) is 8.42. The molecule has 0 amide bonds. The summed E-state index contributed by atoms with van der Waals surface area (Å²) in [4.78, 5) is 38.2.